The number of rotatable bonds is 9. The molecule has 0 unspecified atom stereocenters. The van der Waals surface area contributed by atoms with Gasteiger partial charge < -0.3 is 10.1 Å². The molecule has 0 aliphatic heterocycles. The van der Waals surface area contributed by atoms with Crippen LogP contribution in [-0.4, -0.2) is 49.3 Å². The molecule has 0 spiro atoms. The minimum Gasteiger partial charge on any atom is -0.497 e. The second-order valence-electron chi connectivity index (χ2n) is 6.25. The van der Waals surface area contributed by atoms with Gasteiger partial charge in [-0.25, -0.2) is 17.8 Å². The number of hydrogen-bond acceptors (Lipinski definition) is 7. The standard InChI is InChI=1S/C19H21FN4O3S2/c1-24(29(25,26)17-9-7-16(27-2)8-10-17)12-11-21-19-22-18(23-28-19)13-14-3-5-15(20)6-4-14/h3-10H,11-13H2,1-2H3,(H,21,22,23). The summed E-state index contributed by atoms with van der Waals surface area (Å²) in [4.78, 5) is 4.59. The van der Waals surface area contributed by atoms with Gasteiger partial charge in [0.2, 0.25) is 15.2 Å². The van der Waals surface area contributed by atoms with E-state index in [0.717, 1.165) is 5.56 Å². The number of anilines is 1. The maximum atomic E-state index is 13.0. The molecule has 0 fully saturated rings. The molecule has 2 aromatic carbocycles. The number of nitrogens with one attached hydrogen (secondary N) is 1. The minimum absolute atomic E-state index is 0.207. The average molecular weight is 437 g/mol. The molecule has 154 valence electrons. The van der Waals surface area contributed by atoms with Crippen LogP contribution in [0.1, 0.15) is 11.4 Å². The van der Waals surface area contributed by atoms with Gasteiger partial charge in [-0.15, -0.1) is 0 Å². The van der Waals surface area contributed by atoms with Crippen LogP contribution in [0.4, 0.5) is 9.52 Å². The first-order valence-corrected chi connectivity index (χ1v) is 11.0. The van der Waals surface area contributed by atoms with Gasteiger partial charge in [0, 0.05) is 38.1 Å². The van der Waals surface area contributed by atoms with E-state index in [1.807, 2.05) is 0 Å². The molecule has 0 atom stereocenters. The molecule has 1 N–H and O–H groups in total. The molecule has 1 aromatic heterocycles. The van der Waals surface area contributed by atoms with Crippen molar-refractivity contribution in [1.82, 2.24) is 13.7 Å². The van der Waals surface area contributed by atoms with Gasteiger partial charge in [-0.3, -0.25) is 0 Å². The van der Waals surface area contributed by atoms with Crippen molar-refractivity contribution in [3.63, 3.8) is 0 Å². The summed E-state index contributed by atoms with van der Waals surface area (Å²) in [5.41, 5.74) is 0.918. The number of benzene rings is 2. The lowest BCUT2D eigenvalue weighted by Gasteiger charge is -2.17. The van der Waals surface area contributed by atoms with Crippen LogP contribution in [0.3, 0.4) is 0 Å². The van der Waals surface area contributed by atoms with Crippen molar-refractivity contribution in [2.45, 2.75) is 11.3 Å². The number of nitrogens with zero attached hydrogens (tertiary/aromatic N) is 3. The highest BCUT2D eigenvalue weighted by Crippen LogP contribution is 2.19. The Balaban J connectivity index is 1.52. The Kier molecular flexibility index (Phi) is 6.78. The van der Waals surface area contributed by atoms with Gasteiger partial charge in [-0.2, -0.15) is 8.68 Å². The van der Waals surface area contributed by atoms with E-state index >= 15 is 0 Å². The summed E-state index contributed by atoms with van der Waals surface area (Å²) in [6.45, 7) is 0.651. The summed E-state index contributed by atoms with van der Waals surface area (Å²) in [5.74, 6) is 0.945. The van der Waals surface area contributed by atoms with Gasteiger partial charge in [0.25, 0.3) is 0 Å². The van der Waals surface area contributed by atoms with Gasteiger partial charge in [-0.05, 0) is 42.0 Å². The number of ether oxygens (including phenoxy) is 1. The van der Waals surface area contributed by atoms with Crippen molar-refractivity contribution in [2.75, 3.05) is 32.6 Å². The summed E-state index contributed by atoms with van der Waals surface area (Å²) in [6, 6.07) is 12.5. The number of sulfonamides is 1. The first-order chi connectivity index (χ1) is 13.9. The predicted molar refractivity (Wildman–Crippen MR) is 110 cm³/mol. The second kappa shape index (κ2) is 9.29. The highest BCUT2D eigenvalue weighted by molar-refractivity contribution is 7.89. The quantitative estimate of drug-likeness (QED) is 0.555. The lowest BCUT2D eigenvalue weighted by molar-refractivity contribution is 0.414. The molecule has 0 saturated heterocycles. The van der Waals surface area contributed by atoms with Crippen molar-refractivity contribution in [3.8, 4) is 5.75 Å². The molecule has 0 aliphatic carbocycles. The third kappa shape index (κ3) is 5.49. The molecule has 0 amide bonds. The number of aromatic nitrogens is 2. The summed E-state index contributed by atoms with van der Waals surface area (Å²) in [7, 11) is -0.526. The zero-order valence-electron chi connectivity index (χ0n) is 16.0. The van der Waals surface area contributed by atoms with Crippen molar-refractivity contribution < 1.29 is 17.5 Å². The lowest BCUT2D eigenvalue weighted by atomic mass is 10.1. The summed E-state index contributed by atoms with van der Waals surface area (Å²) in [6.07, 6.45) is 0.504. The van der Waals surface area contributed by atoms with E-state index in [0.29, 0.717) is 29.7 Å². The highest BCUT2D eigenvalue weighted by atomic mass is 32.2. The van der Waals surface area contributed by atoms with Gasteiger partial charge in [0.1, 0.15) is 17.4 Å². The first-order valence-electron chi connectivity index (χ1n) is 8.80. The smallest absolute Gasteiger partial charge is 0.242 e. The summed E-state index contributed by atoms with van der Waals surface area (Å²) < 4.78 is 48.8. The third-order valence-corrected chi connectivity index (χ3v) is 6.80. The van der Waals surface area contributed by atoms with E-state index in [4.69, 9.17) is 4.74 Å². The van der Waals surface area contributed by atoms with Crippen molar-refractivity contribution in [2.24, 2.45) is 0 Å². The van der Waals surface area contributed by atoms with Gasteiger partial charge in [0.15, 0.2) is 0 Å². The normalized spacial score (nSPS) is 11.6. The molecule has 0 saturated carbocycles. The molecule has 1 heterocycles. The molecular formula is C19H21FN4O3S2. The van der Waals surface area contributed by atoms with Crippen LogP contribution in [0.2, 0.25) is 0 Å². The largest absolute Gasteiger partial charge is 0.497 e. The maximum Gasteiger partial charge on any atom is 0.242 e. The molecule has 0 bridgehead atoms. The zero-order chi connectivity index (χ0) is 20.9. The van der Waals surface area contributed by atoms with Crippen molar-refractivity contribution in [1.29, 1.82) is 0 Å². The number of hydrogen-bond donors (Lipinski definition) is 1. The van der Waals surface area contributed by atoms with Gasteiger partial charge >= 0.3 is 0 Å². The fourth-order valence-electron chi connectivity index (χ4n) is 2.55. The van der Waals surface area contributed by atoms with Crippen LogP contribution >= 0.6 is 11.5 Å². The van der Waals surface area contributed by atoms with Crippen LogP contribution in [0.25, 0.3) is 0 Å². The Labute approximate surface area is 173 Å². The topological polar surface area (TPSA) is 84.4 Å². The van der Waals surface area contributed by atoms with E-state index in [-0.39, 0.29) is 17.3 Å². The first kappa shape index (κ1) is 21.2. The molecular weight excluding hydrogens is 415 g/mol. The van der Waals surface area contributed by atoms with Gasteiger partial charge in [-0.1, -0.05) is 12.1 Å². The van der Waals surface area contributed by atoms with Crippen LogP contribution in [-0.2, 0) is 16.4 Å². The Morgan fingerprint density at radius 3 is 2.48 bits per heavy atom. The molecule has 3 aromatic rings. The third-order valence-electron chi connectivity index (χ3n) is 4.21. The fourth-order valence-corrected chi connectivity index (χ4v) is 4.33. The zero-order valence-corrected chi connectivity index (χ0v) is 17.6. The van der Waals surface area contributed by atoms with Crippen LogP contribution < -0.4 is 10.1 Å². The molecule has 10 heteroatoms. The molecule has 7 nitrogen and oxygen atoms in total. The predicted octanol–water partition coefficient (Wildman–Crippen LogP) is 3.01. The average Bonchev–Trinajstić information content (AvgIpc) is 3.17. The fraction of sp³-hybridized carbons (Fsp3) is 0.263. The summed E-state index contributed by atoms with van der Waals surface area (Å²) in [5, 5.41) is 3.70. The SMILES string of the molecule is COc1ccc(S(=O)(=O)N(C)CCNc2nc(Cc3ccc(F)cc3)ns2)cc1. The molecule has 0 aliphatic rings. The Morgan fingerprint density at radius 1 is 1.14 bits per heavy atom. The minimum atomic E-state index is -3.58. The van der Waals surface area contributed by atoms with E-state index in [1.165, 1.54) is 54.3 Å². The second-order valence-corrected chi connectivity index (χ2v) is 9.04. The van der Waals surface area contributed by atoms with Gasteiger partial charge in [0.05, 0.1) is 12.0 Å². The Morgan fingerprint density at radius 2 is 1.83 bits per heavy atom. The summed E-state index contributed by atoms with van der Waals surface area (Å²) >= 11 is 1.20. The highest BCUT2D eigenvalue weighted by Gasteiger charge is 2.20. The van der Waals surface area contributed by atoms with E-state index in [2.05, 4.69) is 14.7 Å². The maximum absolute atomic E-state index is 13.0. The number of likely N-dealkylation sites (N-methyl/N-ethyl adjacent to an activating group) is 1. The molecule has 29 heavy (non-hydrogen) atoms. The van der Waals surface area contributed by atoms with E-state index < -0.39 is 10.0 Å². The molecule has 3 rings (SSSR count). The van der Waals surface area contributed by atoms with E-state index in [9.17, 15) is 12.8 Å². The van der Waals surface area contributed by atoms with Crippen LogP contribution in [0, 0.1) is 5.82 Å². The van der Waals surface area contributed by atoms with Crippen LogP contribution in [0.15, 0.2) is 53.4 Å². The van der Waals surface area contributed by atoms with E-state index in [1.54, 1.807) is 24.3 Å². The number of halogens is 1. The Hall–Kier alpha value is -2.56. The lowest BCUT2D eigenvalue weighted by Crippen LogP contribution is -2.31. The number of methoxy groups -OCH3 is 1. The van der Waals surface area contributed by atoms with Crippen molar-refractivity contribution in [3.05, 3.63) is 65.7 Å². The van der Waals surface area contributed by atoms with Crippen molar-refractivity contribution >= 4 is 26.7 Å². The van der Waals surface area contributed by atoms with Crippen LogP contribution in [0.5, 0.6) is 5.75 Å². The Bertz CT molecular complexity index is 1040. The molecule has 0 radical (unpaired) electrons. The monoisotopic (exact) mass is 436 g/mol.